The molecule has 0 saturated carbocycles. The number of aromatic nitrogens is 3. The Morgan fingerprint density at radius 1 is 1.26 bits per heavy atom. The highest BCUT2D eigenvalue weighted by molar-refractivity contribution is 6.30. The quantitative estimate of drug-likeness (QED) is 0.545. The summed E-state index contributed by atoms with van der Waals surface area (Å²) in [5.74, 6) is 0.833. The van der Waals surface area contributed by atoms with Crippen molar-refractivity contribution < 1.29 is 18.3 Å². The van der Waals surface area contributed by atoms with E-state index in [1.165, 1.54) is 18.3 Å². The number of ether oxygens (including phenoxy) is 1. The Labute approximate surface area is 207 Å². The smallest absolute Gasteiger partial charge is 0.318 e. The van der Waals surface area contributed by atoms with E-state index in [2.05, 4.69) is 25.6 Å². The van der Waals surface area contributed by atoms with E-state index in [9.17, 15) is 9.18 Å². The number of fused-ring (bicyclic) bond motifs is 1. The van der Waals surface area contributed by atoms with Gasteiger partial charge in [0.15, 0.2) is 11.7 Å². The largest absolute Gasteiger partial charge is 0.443 e. The van der Waals surface area contributed by atoms with Gasteiger partial charge in [-0.2, -0.15) is 0 Å². The molecule has 5 rings (SSSR count). The average molecular weight is 501 g/mol. The Kier molecular flexibility index (Phi) is 6.83. The molecule has 0 bridgehead atoms. The lowest BCUT2D eigenvalue weighted by Gasteiger charge is -2.30. The van der Waals surface area contributed by atoms with Crippen LogP contribution in [0.5, 0.6) is 0 Å². The second-order valence-electron chi connectivity index (χ2n) is 8.71. The Morgan fingerprint density at radius 2 is 2.09 bits per heavy atom. The zero-order valence-corrected chi connectivity index (χ0v) is 20.0. The first-order valence-electron chi connectivity index (χ1n) is 11.6. The second-order valence-corrected chi connectivity index (χ2v) is 9.11. The van der Waals surface area contributed by atoms with E-state index in [1.807, 2.05) is 6.20 Å². The number of rotatable bonds is 5. The van der Waals surface area contributed by atoms with Gasteiger partial charge in [0.05, 0.1) is 23.5 Å². The summed E-state index contributed by atoms with van der Waals surface area (Å²) in [5.41, 5.74) is 2.33. The molecular weight excluding hydrogens is 475 g/mol. The number of anilines is 1. The third-order valence-electron chi connectivity index (χ3n) is 6.26. The molecule has 9 nitrogen and oxygen atoms in total. The summed E-state index contributed by atoms with van der Waals surface area (Å²) in [6.07, 6.45) is 5.81. The third-order valence-corrected chi connectivity index (χ3v) is 6.56. The van der Waals surface area contributed by atoms with Crippen LogP contribution >= 0.6 is 11.6 Å². The van der Waals surface area contributed by atoms with Crippen molar-refractivity contribution in [2.24, 2.45) is 0 Å². The Bertz CT molecular complexity index is 1220. The van der Waals surface area contributed by atoms with Gasteiger partial charge >= 0.3 is 6.03 Å². The Balaban J connectivity index is 1.32. The van der Waals surface area contributed by atoms with Crippen molar-refractivity contribution in [2.45, 2.75) is 44.8 Å². The van der Waals surface area contributed by atoms with Crippen molar-refractivity contribution >= 4 is 23.6 Å². The van der Waals surface area contributed by atoms with Gasteiger partial charge < -0.3 is 24.7 Å². The predicted octanol–water partition coefficient (Wildman–Crippen LogP) is 4.01. The number of benzene rings is 1. The monoisotopic (exact) mass is 500 g/mol. The summed E-state index contributed by atoms with van der Waals surface area (Å²) in [5, 5.41) is 6.34. The topological polar surface area (TPSA) is 105 Å². The number of carbonyl (C=O) groups excluding carboxylic acids is 1. The Hall–Kier alpha value is -3.24. The number of aryl methyl sites for hydroxylation is 1. The molecule has 11 heteroatoms. The average Bonchev–Trinajstić information content (AvgIpc) is 3.30. The van der Waals surface area contributed by atoms with E-state index in [1.54, 1.807) is 17.9 Å². The van der Waals surface area contributed by atoms with Crippen LogP contribution in [0.1, 0.15) is 47.4 Å². The number of carbonyl (C=O) groups is 1. The van der Waals surface area contributed by atoms with E-state index in [-0.39, 0.29) is 17.1 Å². The highest BCUT2D eigenvalue weighted by Gasteiger charge is 2.28. The van der Waals surface area contributed by atoms with Crippen LogP contribution < -0.4 is 10.6 Å². The first-order chi connectivity index (χ1) is 17.0. The number of urea groups is 1. The molecule has 2 aliphatic heterocycles. The molecule has 1 saturated heterocycles. The molecule has 1 atom stereocenters. The standard InChI is InChI=1S/C24H26ClFN6O3/c1-14-27-12-21(35-14)22(15-2-3-18(25)19(26)10-15)31-24(33)32-7-4-16-11-28-23(30-20(16)13-32)29-17-5-8-34-9-6-17/h2-3,10-12,17,22H,4-9,13H2,1H3,(H,31,33)(H,28,29,30). The lowest BCUT2D eigenvalue weighted by molar-refractivity contribution is 0.0903. The summed E-state index contributed by atoms with van der Waals surface area (Å²) in [7, 11) is 0. The van der Waals surface area contributed by atoms with Crippen LogP contribution in [-0.4, -0.2) is 51.7 Å². The predicted molar refractivity (Wildman–Crippen MR) is 127 cm³/mol. The normalized spacial score (nSPS) is 17.1. The van der Waals surface area contributed by atoms with Gasteiger partial charge in [-0.05, 0) is 42.5 Å². The van der Waals surface area contributed by atoms with Crippen LogP contribution in [-0.2, 0) is 17.7 Å². The fourth-order valence-corrected chi connectivity index (χ4v) is 4.42. The first-order valence-corrected chi connectivity index (χ1v) is 12.0. The fourth-order valence-electron chi connectivity index (χ4n) is 4.31. The van der Waals surface area contributed by atoms with Gasteiger partial charge in [0.2, 0.25) is 5.95 Å². The summed E-state index contributed by atoms with van der Waals surface area (Å²) in [6, 6.07) is 3.63. The van der Waals surface area contributed by atoms with Gasteiger partial charge in [-0.15, -0.1) is 0 Å². The molecule has 2 aliphatic rings. The zero-order valence-electron chi connectivity index (χ0n) is 19.3. The van der Waals surface area contributed by atoms with Gasteiger partial charge in [-0.25, -0.2) is 24.1 Å². The molecule has 2 N–H and O–H groups in total. The lowest BCUT2D eigenvalue weighted by Crippen LogP contribution is -2.44. The third kappa shape index (κ3) is 5.38. The van der Waals surface area contributed by atoms with E-state index < -0.39 is 11.9 Å². The van der Waals surface area contributed by atoms with Crippen molar-refractivity contribution in [3.63, 3.8) is 0 Å². The number of nitrogens with zero attached hydrogens (tertiary/aromatic N) is 4. The number of nitrogens with one attached hydrogen (secondary N) is 2. The molecule has 1 fully saturated rings. The second kappa shape index (κ2) is 10.2. The number of halogens is 2. The minimum Gasteiger partial charge on any atom is -0.443 e. The molecule has 1 unspecified atom stereocenters. The van der Waals surface area contributed by atoms with Crippen molar-refractivity contribution in [3.05, 3.63) is 69.9 Å². The molecule has 0 spiro atoms. The molecular formula is C24H26ClFN6O3. The fraction of sp³-hybridized carbons (Fsp3) is 0.417. The minimum absolute atomic E-state index is 0.00469. The van der Waals surface area contributed by atoms with Crippen LogP contribution in [0.15, 0.2) is 35.0 Å². The molecule has 4 heterocycles. The lowest BCUT2D eigenvalue weighted by atomic mass is 10.0. The van der Waals surface area contributed by atoms with E-state index >= 15 is 0 Å². The molecule has 0 aliphatic carbocycles. The van der Waals surface area contributed by atoms with Gasteiger partial charge in [0, 0.05) is 38.9 Å². The maximum atomic E-state index is 14.2. The summed E-state index contributed by atoms with van der Waals surface area (Å²) in [4.78, 5) is 28.2. The van der Waals surface area contributed by atoms with Crippen molar-refractivity contribution in [1.29, 1.82) is 0 Å². The number of oxazole rings is 1. The highest BCUT2D eigenvalue weighted by Crippen LogP contribution is 2.27. The van der Waals surface area contributed by atoms with Crippen LogP contribution in [0, 0.1) is 12.7 Å². The first kappa shape index (κ1) is 23.5. The molecule has 1 aromatic carbocycles. The minimum atomic E-state index is -0.729. The molecule has 0 radical (unpaired) electrons. The van der Waals surface area contributed by atoms with E-state index in [4.69, 9.17) is 20.8 Å². The van der Waals surface area contributed by atoms with Crippen molar-refractivity contribution in [2.75, 3.05) is 25.1 Å². The van der Waals surface area contributed by atoms with Crippen LogP contribution in [0.2, 0.25) is 5.02 Å². The highest BCUT2D eigenvalue weighted by atomic mass is 35.5. The molecule has 2 amide bonds. The van der Waals surface area contributed by atoms with E-state index in [0.29, 0.717) is 42.7 Å². The number of hydrogen-bond donors (Lipinski definition) is 2. The Morgan fingerprint density at radius 3 is 2.83 bits per heavy atom. The van der Waals surface area contributed by atoms with Crippen molar-refractivity contribution in [3.8, 4) is 0 Å². The van der Waals surface area contributed by atoms with Gasteiger partial charge in [0.1, 0.15) is 11.9 Å². The maximum absolute atomic E-state index is 14.2. The van der Waals surface area contributed by atoms with Gasteiger partial charge in [-0.3, -0.25) is 0 Å². The maximum Gasteiger partial charge on any atom is 0.318 e. The van der Waals surface area contributed by atoms with Crippen LogP contribution in [0.3, 0.4) is 0 Å². The SMILES string of the molecule is Cc1ncc(C(NC(=O)N2CCc3cnc(NC4CCOCC4)nc3C2)c2ccc(Cl)c(F)c2)o1. The number of amides is 2. The zero-order chi connectivity index (χ0) is 24.4. The molecule has 3 aromatic rings. The molecule has 2 aromatic heterocycles. The summed E-state index contributed by atoms with van der Waals surface area (Å²) >= 11 is 5.86. The van der Waals surface area contributed by atoms with Crippen LogP contribution in [0.4, 0.5) is 15.1 Å². The van der Waals surface area contributed by atoms with E-state index in [0.717, 1.165) is 37.3 Å². The van der Waals surface area contributed by atoms with Gasteiger partial charge in [-0.1, -0.05) is 17.7 Å². The van der Waals surface area contributed by atoms with Gasteiger partial charge in [0.25, 0.3) is 0 Å². The van der Waals surface area contributed by atoms with Crippen molar-refractivity contribution in [1.82, 2.24) is 25.2 Å². The molecule has 184 valence electrons. The summed E-state index contributed by atoms with van der Waals surface area (Å²) < 4.78 is 25.3. The summed E-state index contributed by atoms with van der Waals surface area (Å²) in [6.45, 7) is 3.99. The number of hydrogen-bond acceptors (Lipinski definition) is 7. The van der Waals surface area contributed by atoms with Crippen LogP contribution in [0.25, 0.3) is 0 Å². The molecule has 35 heavy (non-hydrogen) atoms.